The molecular formula is C26H33N3O4S. The number of piperidine rings is 1. The highest BCUT2D eigenvalue weighted by Crippen LogP contribution is 2.34. The van der Waals surface area contributed by atoms with Gasteiger partial charge < -0.3 is 9.80 Å². The van der Waals surface area contributed by atoms with Crippen molar-refractivity contribution < 1.29 is 18.0 Å². The molecule has 2 amide bonds. The second kappa shape index (κ2) is 9.88. The number of hydrogen-bond donors (Lipinski definition) is 1. The van der Waals surface area contributed by atoms with Crippen LogP contribution in [0.5, 0.6) is 0 Å². The molecule has 0 aliphatic carbocycles. The van der Waals surface area contributed by atoms with Gasteiger partial charge in [-0.25, -0.2) is 8.42 Å². The van der Waals surface area contributed by atoms with Crippen LogP contribution in [0.25, 0.3) is 0 Å². The highest BCUT2D eigenvalue weighted by Gasteiger charge is 2.33. The van der Waals surface area contributed by atoms with Crippen molar-refractivity contribution in [3.05, 3.63) is 59.7 Å². The van der Waals surface area contributed by atoms with Gasteiger partial charge in [0.2, 0.25) is 21.8 Å². The van der Waals surface area contributed by atoms with Crippen molar-refractivity contribution >= 4 is 27.5 Å². The van der Waals surface area contributed by atoms with Gasteiger partial charge in [-0.1, -0.05) is 37.3 Å². The maximum atomic E-state index is 13.5. The zero-order valence-electron chi connectivity index (χ0n) is 20.0. The molecule has 1 fully saturated rings. The van der Waals surface area contributed by atoms with Crippen LogP contribution in [-0.2, 0) is 32.5 Å². The number of nitrogens with zero attached hydrogens (tertiary/aromatic N) is 2. The lowest BCUT2D eigenvalue weighted by atomic mass is 9.98. The Balaban J connectivity index is 1.60. The van der Waals surface area contributed by atoms with E-state index in [1.807, 2.05) is 37.3 Å². The van der Waals surface area contributed by atoms with E-state index in [-0.39, 0.29) is 29.2 Å². The van der Waals surface area contributed by atoms with E-state index in [0.29, 0.717) is 25.4 Å². The molecule has 4 rings (SSSR count). The minimum atomic E-state index is -3.95. The molecule has 3 atom stereocenters. The Morgan fingerprint density at radius 3 is 2.53 bits per heavy atom. The molecule has 8 heteroatoms. The highest BCUT2D eigenvalue weighted by molar-refractivity contribution is 7.89. The minimum absolute atomic E-state index is 0.0214. The fourth-order valence-electron chi connectivity index (χ4n) is 5.15. The number of amides is 2. The fourth-order valence-corrected chi connectivity index (χ4v) is 6.39. The van der Waals surface area contributed by atoms with Crippen molar-refractivity contribution in [1.29, 1.82) is 0 Å². The Kier molecular flexibility index (Phi) is 7.09. The van der Waals surface area contributed by atoms with Crippen LogP contribution in [0.1, 0.15) is 44.7 Å². The van der Waals surface area contributed by atoms with E-state index >= 15 is 0 Å². The summed E-state index contributed by atoms with van der Waals surface area (Å²) in [5.41, 5.74) is 2.47. The van der Waals surface area contributed by atoms with Gasteiger partial charge in [-0.05, 0) is 67.9 Å². The second-order valence-electron chi connectivity index (χ2n) is 9.63. The van der Waals surface area contributed by atoms with Crippen LogP contribution in [0.15, 0.2) is 53.4 Å². The molecular weight excluding hydrogens is 450 g/mol. The van der Waals surface area contributed by atoms with Gasteiger partial charge in [0.15, 0.2) is 0 Å². The smallest absolute Gasteiger partial charge is 0.241 e. The lowest BCUT2D eigenvalue weighted by Crippen LogP contribution is -2.52. The number of nitrogens with one attached hydrogen (secondary N) is 1. The molecule has 2 aliphatic heterocycles. The van der Waals surface area contributed by atoms with Crippen LogP contribution < -0.4 is 9.62 Å². The zero-order chi connectivity index (χ0) is 24.5. The first kappa shape index (κ1) is 24.4. The quantitative estimate of drug-likeness (QED) is 0.684. The fraction of sp³-hybridized carbons (Fsp3) is 0.462. The summed E-state index contributed by atoms with van der Waals surface area (Å²) < 4.78 is 29.5. The van der Waals surface area contributed by atoms with E-state index in [2.05, 4.69) is 11.6 Å². The molecule has 2 aliphatic rings. The van der Waals surface area contributed by atoms with E-state index in [1.165, 1.54) is 13.0 Å². The zero-order valence-corrected chi connectivity index (χ0v) is 20.8. The number of fused-ring (bicyclic) bond motifs is 1. The maximum absolute atomic E-state index is 13.5. The number of likely N-dealkylation sites (tertiary alicyclic amines) is 1. The van der Waals surface area contributed by atoms with Crippen LogP contribution in [0.3, 0.4) is 0 Å². The molecule has 1 N–H and O–H groups in total. The third-order valence-corrected chi connectivity index (χ3v) is 8.23. The molecule has 2 aromatic rings. The largest absolute Gasteiger partial charge is 0.341 e. The molecule has 0 aromatic heterocycles. The van der Waals surface area contributed by atoms with Gasteiger partial charge in [0.25, 0.3) is 0 Å². The summed E-state index contributed by atoms with van der Waals surface area (Å²) in [7, 11) is -3.95. The van der Waals surface area contributed by atoms with Crippen LogP contribution >= 0.6 is 0 Å². The number of anilines is 1. The lowest BCUT2D eigenvalue weighted by Gasteiger charge is -2.33. The van der Waals surface area contributed by atoms with Gasteiger partial charge in [0.05, 0.1) is 4.90 Å². The van der Waals surface area contributed by atoms with Crippen LogP contribution in [-0.4, -0.2) is 50.3 Å². The van der Waals surface area contributed by atoms with Gasteiger partial charge in [0.1, 0.15) is 6.04 Å². The summed E-state index contributed by atoms with van der Waals surface area (Å²) in [6.07, 6.45) is 2.87. The maximum Gasteiger partial charge on any atom is 0.241 e. The molecule has 0 saturated carbocycles. The molecule has 0 unspecified atom stereocenters. The molecule has 182 valence electrons. The minimum Gasteiger partial charge on any atom is -0.341 e. The Morgan fingerprint density at radius 2 is 1.85 bits per heavy atom. The highest BCUT2D eigenvalue weighted by atomic mass is 32.2. The van der Waals surface area contributed by atoms with Crippen molar-refractivity contribution in [2.75, 3.05) is 18.0 Å². The molecule has 1 saturated heterocycles. The Labute approximate surface area is 202 Å². The van der Waals surface area contributed by atoms with Crippen molar-refractivity contribution in [3.63, 3.8) is 0 Å². The van der Waals surface area contributed by atoms with Crippen LogP contribution in [0.2, 0.25) is 0 Å². The Hall–Kier alpha value is -2.71. The SMILES string of the molecule is CC(=O)N1c2ccc(S(=O)(=O)N[C@H](Cc3ccccc3)C(=O)N3CCC[C@H](C)C3)cc2C[C@H]1C. The number of carbonyl (C=O) groups excluding carboxylic acids is 2. The first-order valence-electron chi connectivity index (χ1n) is 11.9. The monoisotopic (exact) mass is 483 g/mol. The molecule has 2 heterocycles. The predicted octanol–water partition coefficient (Wildman–Crippen LogP) is 3.13. The van der Waals surface area contributed by atoms with E-state index in [4.69, 9.17) is 0 Å². The van der Waals surface area contributed by atoms with Gasteiger partial charge in [0, 0.05) is 31.7 Å². The van der Waals surface area contributed by atoms with Crippen molar-refractivity contribution in [3.8, 4) is 0 Å². The predicted molar refractivity (Wildman–Crippen MR) is 132 cm³/mol. The van der Waals surface area contributed by atoms with Crippen LogP contribution in [0, 0.1) is 5.92 Å². The van der Waals surface area contributed by atoms with Crippen molar-refractivity contribution in [2.24, 2.45) is 5.92 Å². The third-order valence-electron chi connectivity index (χ3n) is 6.76. The number of rotatable bonds is 6. The summed E-state index contributed by atoms with van der Waals surface area (Å²) >= 11 is 0. The van der Waals surface area contributed by atoms with E-state index < -0.39 is 16.1 Å². The number of carbonyl (C=O) groups is 2. The molecule has 0 spiro atoms. The van der Waals surface area contributed by atoms with Gasteiger partial charge >= 0.3 is 0 Å². The topological polar surface area (TPSA) is 86.8 Å². The Morgan fingerprint density at radius 1 is 1.12 bits per heavy atom. The summed E-state index contributed by atoms with van der Waals surface area (Å²) in [6, 6.07) is 13.4. The normalized spacial score (nSPS) is 21.3. The average molecular weight is 484 g/mol. The van der Waals surface area contributed by atoms with Crippen molar-refractivity contribution in [1.82, 2.24) is 9.62 Å². The molecule has 2 aromatic carbocycles. The molecule has 0 bridgehead atoms. The first-order valence-corrected chi connectivity index (χ1v) is 13.4. The number of hydrogen-bond acceptors (Lipinski definition) is 4. The molecule has 34 heavy (non-hydrogen) atoms. The number of benzene rings is 2. The Bertz CT molecular complexity index is 1170. The second-order valence-corrected chi connectivity index (χ2v) is 11.3. The van der Waals surface area contributed by atoms with Gasteiger partial charge in [-0.2, -0.15) is 4.72 Å². The summed E-state index contributed by atoms with van der Waals surface area (Å²) in [5, 5.41) is 0. The average Bonchev–Trinajstić information content (AvgIpc) is 3.14. The lowest BCUT2D eigenvalue weighted by molar-refractivity contribution is -0.134. The van der Waals surface area contributed by atoms with Crippen LogP contribution in [0.4, 0.5) is 5.69 Å². The van der Waals surface area contributed by atoms with E-state index in [1.54, 1.807) is 21.9 Å². The third kappa shape index (κ3) is 5.18. The van der Waals surface area contributed by atoms with Crippen molar-refractivity contribution in [2.45, 2.75) is 63.4 Å². The number of sulfonamides is 1. The molecule has 7 nitrogen and oxygen atoms in total. The summed E-state index contributed by atoms with van der Waals surface area (Å²) in [6.45, 7) is 6.87. The standard InChI is InChI=1S/C26H33N3O4S/c1-18-8-7-13-28(17-18)26(31)24(15-21-9-5-4-6-10-21)27-34(32,33)23-11-12-25-22(16-23)14-19(2)29(25)20(3)30/h4-6,9-12,16,18-19,24,27H,7-8,13-15,17H2,1-3H3/t18-,19+,24+/m0/s1. The van der Waals surface area contributed by atoms with Gasteiger partial charge in [-0.15, -0.1) is 0 Å². The van der Waals surface area contributed by atoms with E-state index in [0.717, 1.165) is 29.7 Å². The first-order chi connectivity index (χ1) is 16.2. The summed E-state index contributed by atoms with van der Waals surface area (Å²) in [5.74, 6) is 0.149. The summed E-state index contributed by atoms with van der Waals surface area (Å²) in [4.78, 5) is 29.1. The van der Waals surface area contributed by atoms with Gasteiger partial charge in [-0.3, -0.25) is 9.59 Å². The van der Waals surface area contributed by atoms with E-state index in [9.17, 15) is 18.0 Å². The molecule has 0 radical (unpaired) electrons.